The van der Waals surface area contributed by atoms with E-state index in [0.717, 1.165) is 0 Å². The SMILES string of the molecule is O=C(Cc1ccccc1F)N[C@H]1CCOC[C@@H]1O. The van der Waals surface area contributed by atoms with Crippen LogP contribution in [0, 0.1) is 5.82 Å². The summed E-state index contributed by atoms with van der Waals surface area (Å²) in [5.74, 6) is -0.675. The third-order valence-electron chi connectivity index (χ3n) is 2.98. The monoisotopic (exact) mass is 253 g/mol. The highest BCUT2D eigenvalue weighted by Crippen LogP contribution is 2.10. The van der Waals surface area contributed by atoms with E-state index in [1.165, 1.54) is 6.07 Å². The Balaban J connectivity index is 1.90. The van der Waals surface area contributed by atoms with Crippen LogP contribution >= 0.6 is 0 Å². The number of benzene rings is 1. The van der Waals surface area contributed by atoms with Gasteiger partial charge in [-0.25, -0.2) is 4.39 Å². The van der Waals surface area contributed by atoms with E-state index >= 15 is 0 Å². The molecule has 0 aromatic heterocycles. The first kappa shape index (κ1) is 13.0. The van der Waals surface area contributed by atoms with E-state index in [9.17, 15) is 14.3 Å². The second kappa shape index (κ2) is 5.93. The van der Waals surface area contributed by atoms with Crippen molar-refractivity contribution in [3.05, 3.63) is 35.6 Å². The van der Waals surface area contributed by atoms with Crippen molar-refractivity contribution in [2.45, 2.75) is 25.0 Å². The molecule has 0 saturated carbocycles. The van der Waals surface area contributed by atoms with Gasteiger partial charge >= 0.3 is 0 Å². The molecule has 2 atom stereocenters. The van der Waals surface area contributed by atoms with Gasteiger partial charge in [0.1, 0.15) is 5.82 Å². The maximum absolute atomic E-state index is 13.4. The van der Waals surface area contributed by atoms with Gasteiger partial charge < -0.3 is 15.2 Å². The van der Waals surface area contributed by atoms with Crippen molar-refractivity contribution in [2.75, 3.05) is 13.2 Å². The molecule has 1 amide bonds. The van der Waals surface area contributed by atoms with Gasteiger partial charge in [0.25, 0.3) is 0 Å². The van der Waals surface area contributed by atoms with Gasteiger partial charge in [0.05, 0.1) is 25.2 Å². The minimum Gasteiger partial charge on any atom is -0.389 e. The molecule has 1 aromatic rings. The molecule has 1 fully saturated rings. The zero-order chi connectivity index (χ0) is 13.0. The minimum absolute atomic E-state index is 0.0171. The lowest BCUT2D eigenvalue weighted by Gasteiger charge is -2.28. The van der Waals surface area contributed by atoms with Crippen molar-refractivity contribution >= 4 is 5.91 Å². The Morgan fingerprint density at radius 1 is 1.50 bits per heavy atom. The lowest BCUT2D eigenvalue weighted by Crippen LogP contribution is -2.49. The Morgan fingerprint density at radius 2 is 2.28 bits per heavy atom. The largest absolute Gasteiger partial charge is 0.389 e. The number of hydrogen-bond donors (Lipinski definition) is 2. The van der Waals surface area contributed by atoms with Crippen LogP contribution in [0.25, 0.3) is 0 Å². The summed E-state index contributed by atoms with van der Waals surface area (Å²) in [7, 11) is 0. The molecule has 1 aliphatic heterocycles. The summed E-state index contributed by atoms with van der Waals surface area (Å²) in [5.41, 5.74) is 0.358. The van der Waals surface area contributed by atoms with Gasteiger partial charge in [-0.2, -0.15) is 0 Å². The molecular weight excluding hydrogens is 237 g/mol. The third-order valence-corrected chi connectivity index (χ3v) is 2.98. The average molecular weight is 253 g/mol. The maximum atomic E-state index is 13.4. The number of rotatable bonds is 3. The third kappa shape index (κ3) is 3.27. The van der Waals surface area contributed by atoms with Crippen molar-refractivity contribution in [1.82, 2.24) is 5.32 Å². The fraction of sp³-hybridized carbons (Fsp3) is 0.462. The number of hydrogen-bond acceptors (Lipinski definition) is 3. The molecule has 0 aliphatic carbocycles. The zero-order valence-electron chi connectivity index (χ0n) is 9.93. The fourth-order valence-electron chi connectivity index (χ4n) is 1.96. The first-order valence-corrected chi connectivity index (χ1v) is 5.95. The minimum atomic E-state index is -0.691. The number of amides is 1. The van der Waals surface area contributed by atoms with E-state index in [4.69, 9.17) is 4.74 Å². The Bertz CT molecular complexity index is 424. The molecule has 0 spiro atoms. The predicted molar refractivity (Wildman–Crippen MR) is 63.5 cm³/mol. The van der Waals surface area contributed by atoms with Crippen LogP contribution in [-0.4, -0.2) is 36.4 Å². The number of halogens is 1. The number of carbonyl (C=O) groups is 1. The molecule has 1 aliphatic rings. The van der Waals surface area contributed by atoms with Crippen LogP contribution in [0.1, 0.15) is 12.0 Å². The smallest absolute Gasteiger partial charge is 0.224 e. The highest BCUT2D eigenvalue weighted by molar-refractivity contribution is 5.79. The predicted octanol–water partition coefficient (Wildman–Crippen LogP) is 0.634. The topological polar surface area (TPSA) is 58.6 Å². The highest BCUT2D eigenvalue weighted by atomic mass is 19.1. The number of aliphatic hydroxyl groups is 1. The van der Waals surface area contributed by atoms with E-state index in [2.05, 4.69) is 5.32 Å². The van der Waals surface area contributed by atoms with Crippen molar-refractivity contribution in [2.24, 2.45) is 0 Å². The number of ether oxygens (including phenoxy) is 1. The summed E-state index contributed by atoms with van der Waals surface area (Å²) < 4.78 is 18.4. The number of nitrogens with one attached hydrogen (secondary N) is 1. The van der Waals surface area contributed by atoms with E-state index in [1.807, 2.05) is 0 Å². The van der Waals surface area contributed by atoms with E-state index in [0.29, 0.717) is 18.6 Å². The van der Waals surface area contributed by atoms with Gasteiger partial charge in [-0.15, -0.1) is 0 Å². The number of aliphatic hydroxyl groups excluding tert-OH is 1. The van der Waals surface area contributed by atoms with E-state index in [1.54, 1.807) is 18.2 Å². The quantitative estimate of drug-likeness (QED) is 0.831. The van der Waals surface area contributed by atoms with Crippen molar-refractivity contribution in [3.63, 3.8) is 0 Å². The summed E-state index contributed by atoms with van der Waals surface area (Å²) in [6.07, 6.45) is -0.135. The molecule has 98 valence electrons. The van der Waals surface area contributed by atoms with Gasteiger partial charge in [-0.3, -0.25) is 4.79 Å². The number of carbonyl (C=O) groups excluding carboxylic acids is 1. The molecule has 4 nitrogen and oxygen atoms in total. The lowest BCUT2D eigenvalue weighted by atomic mass is 10.1. The van der Waals surface area contributed by atoms with Crippen molar-refractivity contribution in [1.29, 1.82) is 0 Å². The molecule has 18 heavy (non-hydrogen) atoms. The molecule has 2 rings (SSSR count). The van der Waals surface area contributed by atoms with Crippen LogP contribution in [0.4, 0.5) is 4.39 Å². The van der Waals surface area contributed by atoms with Gasteiger partial charge in [0, 0.05) is 6.61 Å². The average Bonchev–Trinajstić information content (AvgIpc) is 2.35. The van der Waals surface area contributed by atoms with Crippen LogP contribution in [0.2, 0.25) is 0 Å². The molecular formula is C13H16FNO3. The second-order valence-corrected chi connectivity index (χ2v) is 4.37. The van der Waals surface area contributed by atoms with Gasteiger partial charge in [-0.05, 0) is 18.1 Å². The summed E-state index contributed by atoms with van der Waals surface area (Å²) >= 11 is 0. The molecule has 1 aromatic carbocycles. The van der Waals surface area contributed by atoms with Crippen LogP contribution in [0.3, 0.4) is 0 Å². The van der Waals surface area contributed by atoms with Crippen molar-refractivity contribution < 1.29 is 19.0 Å². The summed E-state index contributed by atoms with van der Waals surface area (Å²) in [5, 5.41) is 12.3. The van der Waals surface area contributed by atoms with Gasteiger partial charge in [0.2, 0.25) is 5.91 Å². The Labute approximate surface area is 105 Å². The Morgan fingerprint density at radius 3 is 3.00 bits per heavy atom. The van der Waals surface area contributed by atoms with E-state index in [-0.39, 0.29) is 30.8 Å². The summed E-state index contributed by atoms with van der Waals surface area (Å²) in [4.78, 5) is 11.7. The Hall–Kier alpha value is -1.46. The van der Waals surface area contributed by atoms with Gasteiger partial charge in [-0.1, -0.05) is 18.2 Å². The molecule has 0 unspecified atom stereocenters. The molecule has 5 heteroatoms. The fourth-order valence-corrected chi connectivity index (χ4v) is 1.96. The summed E-state index contributed by atoms with van der Waals surface area (Å²) in [6, 6.07) is 5.87. The van der Waals surface area contributed by atoms with Crippen LogP contribution < -0.4 is 5.32 Å². The second-order valence-electron chi connectivity index (χ2n) is 4.37. The molecule has 0 bridgehead atoms. The van der Waals surface area contributed by atoms with E-state index < -0.39 is 6.10 Å². The molecule has 1 saturated heterocycles. The summed E-state index contributed by atoms with van der Waals surface area (Å²) in [6.45, 7) is 0.742. The zero-order valence-corrected chi connectivity index (χ0v) is 9.93. The lowest BCUT2D eigenvalue weighted by molar-refractivity contribution is -0.123. The van der Waals surface area contributed by atoms with Crippen molar-refractivity contribution in [3.8, 4) is 0 Å². The van der Waals surface area contributed by atoms with Crippen LogP contribution in [0.5, 0.6) is 0 Å². The Kier molecular flexibility index (Phi) is 4.28. The highest BCUT2D eigenvalue weighted by Gasteiger charge is 2.25. The molecule has 0 radical (unpaired) electrons. The molecule has 1 heterocycles. The first-order valence-electron chi connectivity index (χ1n) is 5.95. The van der Waals surface area contributed by atoms with Gasteiger partial charge in [0.15, 0.2) is 0 Å². The first-order chi connectivity index (χ1) is 8.66. The molecule has 2 N–H and O–H groups in total. The normalized spacial score (nSPS) is 23.7. The maximum Gasteiger partial charge on any atom is 0.224 e. The van der Waals surface area contributed by atoms with Crippen LogP contribution in [0.15, 0.2) is 24.3 Å². The standard InChI is InChI=1S/C13H16FNO3/c14-10-4-2-1-3-9(10)7-13(17)15-11-5-6-18-8-12(11)16/h1-4,11-12,16H,5-8H2,(H,15,17)/t11-,12-/m0/s1. The van der Waals surface area contributed by atoms with Crippen LogP contribution in [-0.2, 0) is 16.0 Å².